The predicted octanol–water partition coefficient (Wildman–Crippen LogP) is 8.74. The van der Waals surface area contributed by atoms with Crippen LogP contribution in [0.1, 0.15) is 87.3 Å². The first kappa shape index (κ1) is 34.3. The minimum atomic E-state index is -0.840. The van der Waals surface area contributed by atoms with Crippen molar-refractivity contribution in [1.29, 1.82) is 0 Å². The summed E-state index contributed by atoms with van der Waals surface area (Å²) in [6.45, 7) is 14.7. The van der Waals surface area contributed by atoms with Crippen LogP contribution in [0, 0.1) is 12.8 Å². The summed E-state index contributed by atoms with van der Waals surface area (Å²) in [6.07, 6.45) is 5.97. The Morgan fingerprint density at radius 1 is 1.13 bits per heavy atom. The lowest BCUT2D eigenvalue weighted by Gasteiger charge is -2.48. The summed E-state index contributed by atoms with van der Waals surface area (Å²) in [5.41, 5.74) is 8.72. The molecule has 0 saturated carbocycles. The number of rotatable bonds is 15. The van der Waals surface area contributed by atoms with Gasteiger partial charge in [0.15, 0.2) is 0 Å². The molecule has 3 aromatic carbocycles. The van der Waals surface area contributed by atoms with E-state index < -0.39 is 5.97 Å². The lowest BCUT2D eigenvalue weighted by Crippen LogP contribution is -2.55. The maximum absolute atomic E-state index is 11.3. The summed E-state index contributed by atoms with van der Waals surface area (Å²) in [7, 11) is 1.82. The summed E-state index contributed by atoms with van der Waals surface area (Å²) < 4.78 is 13.0. The van der Waals surface area contributed by atoms with Gasteiger partial charge in [-0.25, -0.2) is 0 Å². The Balaban J connectivity index is 1.33. The van der Waals surface area contributed by atoms with Crippen LogP contribution in [-0.2, 0) is 24.2 Å². The first-order valence-electron chi connectivity index (χ1n) is 16.9. The number of hydrogen-bond acceptors (Lipinski definition) is 5. The Morgan fingerprint density at radius 3 is 2.59 bits per heavy atom. The van der Waals surface area contributed by atoms with Gasteiger partial charge in [0.25, 0.3) is 0 Å². The van der Waals surface area contributed by atoms with Crippen LogP contribution in [0.4, 0.5) is 0 Å². The van der Waals surface area contributed by atoms with Gasteiger partial charge in [0.1, 0.15) is 17.6 Å². The molecule has 0 amide bonds. The Hall–Kier alpha value is -3.06. The topological polar surface area (TPSA) is 62.2 Å². The van der Waals surface area contributed by atoms with Crippen LogP contribution in [0.25, 0.3) is 11.1 Å². The minimum absolute atomic E-state index is 0.0223. The maximum atomic E-state index is 11.3. The first-order chi connectivity index (χ1) is 22.0. The summed E-state index contributed by atoms with van der Waals surface area (Å²) in [6, 6.07) is 17.0. The van der Waals surface area contributed by atoms with E-state index in [1.807, 2.05) is 13.1 Å². The number of likely N-dealkylation sites (tertiary alicyclic amines) is 1. The molecule has 0 radical (unpaired) electrons. The number of carbonyl (C=O) groups is 1. The number of benzene rings is 3. The van der Waals surface area contributed by atoms with Crippen molar-refractivity contribution in [1.82, 2.24) is 9.80 Å². The average Bonchev–Trinajstić information content (AvgIpc) is 3.42. The van der Waals surface area contributed by atoms with Gasteiger partial charge >= 0.3 is 5.97 Å². The SMILES string of the molecule is CCC(C)Cc1cc(O[C@H]2CCc3c(-c4cccc(OCCCN5CCC5(C)C)c4C)cccc32)c(Cl)cc1CN(C)CC(=O)O. The van der Waals surface area contributed by atoms with Crippen LogP contribution in [0.15, 0.2) is 48.5 Å². The lowest BCUT2D eigenvalue weighted by atomic mass is 9.89. The molecule has 1 unspecified atom stereocenters. The van der Waals surface area contributed by atoms with E-state index in [1.54, 1.807) is 4.90 Å². The van der Waals surface area contributed by atoms with Crippen molar-refractivity contribution in [2.75, 3.05) is 33.3 Å². The summed E-state index contributed by atoms with van der Waals surface area (Å²) >= 11 is 6.85. The van der Waals surface area contributed by atoms with Crippen molar-refractivity contribution in [2.45, 2.75) is 91.3 Å². The average molecular weight is 647 g/mol. The van der Waals surface area contributed by atoms with E-state index in [4.69, 9.17) is 21.1 Å². The van der Waals surface area contributed by atoms with Crippen molar-refractivity contribution in [3.63, 3.8) is 0 Å². The van der Waals surface area contributed by atoms with E-state index in [2.05, 4.69) is 82.0 Å². The van der Waals surface area contributed by atoms with Crippen molar-refractivity contribution >= 4 is 17.6 Å². The molecule has 0 bridgehead atoms. The van der Waals surface area contributed by atoms with Crippen LogP contribution in [-0.4, -0.2) is 59.7 Å². The normalized spacial score (nSPS) is 17.9. The Morgan fingerprint density at radius 2 is 1.89 bits per heavy atom. The van der Waals surface area contributed by atoms with Gasteiger partial charge in [-0.15, -0.1) is 0 Å². The Kier molecular flexibility index (Phi) is 11.0. The minimum Gasteiger partial charge on any atom is -0.493 e. The molecule has 1 saturated heterocycles. The van der Waals surface area contributed by atoms with Crippen molar-refractivity contribution in [2.24, 2.45) is 5.92 Å². The molecular formula is C39H51ClN2O4. The van der Waals surface area contributed by atoms with Crippen molar-refractivity contribution in [3.8, 4) is 22.6 Å². The van der Waals surface area contributed by atoms with E-state index >= 15 is 0 Å². The van der Waals surface area contributed by atoms with Gasteiger partial charge in [0, 0.05) is 25.2 Å². The summed E-state index contributed by atoms with van der Waals surface area (Å²) in [4.78, 5) is 15.6. The van der Waals surface area contributed by atoms with E-state index in [0.717, 1.165) is 50.0 Å². The zero-order chi connectivity index (χ0) is 33.0. The maximum Gasteiger partial charge on any atom is 0.317 e. The predicted molar refractivity (Wildman–Crippen MR) is 187 cm³/mol. The number of aliphatic carboxylic acids is 1. The molecule has 1 heterocycles. The van der Waals surface area contributed by atoms with Crippen molar-refractivity contribution in [3.05, 3.63) is 81.4 Å². The highest BCUT2D eigenvalue weighted by Gasteiger charge is 2.35. The number of carboxylic acids is 1. The van der Waals surface area contributed by atoms with Gasteiger partial charge in [-0.3, -0.25) is 14.6 Å². The van der Waals surface area contributed by atoms with Gasteiger partial charge in [-0.05, 0) is 123 Å². The molecule has 3 aromatic rings. The fourth-order valence-electron chi connectivity index (χ4n) is 6.94. The highest BCUT2D eigenvalue weighted by Crippen LogP contribution is 2.43. The Labute approximate surface area is 280 Å². The number of nitrogens with zero attached hydrogens (tertiary/aromatic N) is 2. The highest BCUT2D eigenvalue weighted by atomic mass is 35.5. The Bertz CT molecular complexity index is 1540. The third-order valence-corrected chi connectivity index (χ3v) is 10.4. The van der Waals surface area contributed by atoms with Crippen LogP contribution in [0.2, 0.25) is 5.02 Å². The molecule has 0 aromatic heterocycles. The van der Waals surface area contributed by atoms with Gasteiger partial charge in [0.2, 0.25) is 0 Å². The molecule has 1 N–H and O–H groups in total. The molecule has 2 aliphatic rings. The fourth-order valence-corrected chi connectivity index (χ4v) is 7.17. The first-order valence-corrected chi connectivity index (χ1v) is 17.3. The molecule has 1 aliphatic heterocycles. The van der Waals surface area contributed by atoms with Crippen LogP contribution in [0.5, 0.6) is 11.5 Å². The number of ether oxygens (including phenoxy) is 2. The van der Waals surface area contributed by atoms with E-state index in [9.17, 15) is 9.90 Å². The zero-order valence-corrected chi connectivity index (χ0v) is 29.3. The zero-order valence-electron chi connectivity index (χ0n) is 28.5. The molecule has 1 fully saturated rings. The molecule has 2 atom stereocenters. The molecule has 6 nitrogen and oxygen atoms in total. The van der Waals surface area contributed by atoms with Crippen LogP contribution >= 0.6 is 11.6 Å². The molecule has 5 rings (SSSR count). The van der Waals surface area contributed by atoms with Gasteiger partial charge < -0.3 is 14.6 Å². The number of fused-ring (bicyclic) bond motifs is 1. The molecule has 0 spiro atoms. The molecule has 46 heavy (non-hydrogen) atoms. The second-order valence-corrected chi connectivity index (χ2v) is 14.4. The third-order valence-electron chi connectivity index (χ3n) is 10.1. The van der Waals surface area contributed by atoms with Gasteiger partial charge in [-0.1, -0.05) is 62.2 Å². The third kappa shape index (κ3) is 7.90. The number of halogens is 1. The second kappa shape index (κ2) is 14.8. The largest absolute Gasteiger partial charge is 0.493 e. The van der Waals surface area contributed by atoms with Crippen LogP contribution < -0.4 is 9.47 Å². The molecule has 7 heteroatoms. The standard InChI is InChI=1S/C39H51ClN2O4/c1-7-26(2)21-28-23-37(34(40)22-29(28)24-41(6)25-38(43)44)46-36-16-15-32-31(12-8-13-33(32)36)30-11-9-14-35(27(30)3)45-20-10-18-42-19-17-39(42,4)5/h8-9,11-14,22-23,26,36H,7,10,15-21,24-25H2,1-6H3,(H,43,44)/t26?,36-/m0/s1. The molecule has 1 aliphatic carbocycles. The van der Waals surface area contributed by atoms with E-state index in [-0.39, 0.29) is 12.6 Å². The quantitative estimate of drug-likeness (QED) is 0.167. The molecule has 248 valence electrons. The smallest absolute Gasteiger partial charge is 0.317 e. The lowest BCUT2D eigenvalue weighted by molar-refractivity contribution is -0.138. The van der Waals surface area contributed by atoms with E-state index in [0.29, 0.717) is 35.4 Å². The van der Waals surface area contributed by atoms with Gasteiger partial charge in [0.05, 0.1) is 18.2 Å². The second-order valence-electron chi connectivity index (χ2n) is 14.0. The van der Waals surface area contributed by atoms with Crippen LogP contribution in [0.3, 0.4) is 0 Å². The van der Waals surface area contributed by atoms with E-state index in [1.165, 1.54) is 46.3 Å². The highest BCUT2D eigenvalue weighted by molar-refractivity contribution is 6.32. The number of hydrogen-bond donors (Lipinski definition) is 1. The monoisotopic (exact) mass is 646 g/mol. The molecular weight excluding hydrogens is 596 g/mol. The summed E-state index contributed by atoms with van der Waals surface area (Å²) in [5.74, 6) is 1.30. The summed E-state index contributed by atoms with van der Waals surface area (Å²) in [5, 5.41) is 9.83. The van der Waals surface area contributed by atoms with Gasteiger partial charge in [-0.2, -0.15) is 0 Å². The number of likely N-dealkylation sites (N-methyl/N-ethyl adjacent to an activating group) is 1. The number of carboxylic acid groups (broad SMARTS) is 1. The fraction of sp³-hybridized carbons (Fsp3) is 0.513. The van der Waals surface area contributed by atoms with Crippen molar-refractivity contribution < 1.29 is 19.4 Å².